The molecule has 1 saturated heterocycles. The van der Waals surface area contributed by atoms with Crippen LogP contribution in [0.25, 0.3) is 11.4 Å². The van der Waals surface area contributed by atoms with Crippen LogP contribution >= 0.6 is 0 Å². The van der Waals surface area contributed by atoms with Gasteiger partial charge in [-0.25, -0.2) is 0 Å². The molecule has 1 aliphatic rings. The van der Waals surface area contributed by atoms with E-state index in [2.05, 4.69) is 10.1 Å². The standard InChI is InChI=1S/C20H19N3O3/c1-14-7-9-17(10-8-14)25-13-18(24)23-11-16(12-23)20-21-19(22-26-20)15-5-3-2-4-6-15/h2-10,16H,11-13H2,1H3. The molecule has 3 aromatic rings. The summed E-state index contributed by atoms with van der Waals surface area (Å²) >= 11 is 0. The molecular formula is C20H19N3O3. The third-order valence-corrected chi connectivity index (χ3v) is 4.44. The number of amides is 1. The first-order valence-corrected chi connectivity index (χ1v) is 8.55. The van der Waals surface area contributed by atoms with Gasteiger partial charge in [-0.3, -0.25) is 4.79 Å². The quantitative estimate of drug-likeness (QED) is 0.708. The minimum Gasteiger partial charge on any atom is -0.484 e. The van der Waals surface area contributed by atoms with Gasteiger partial charge in [0.1, 0.15) is 5.75 Å². The molecule has 0 unspecified atom stereocenters. The minimum absolute atomic E-state index is 0.0366. The Bertz CT molecular complexity index is 884. The fourth-order valence-electron chi connectivity index (χ4n) is 2.81. The van der Waals surface area contributed by atoms with Gasteiger partial charge in [0.15, 0.2) is 6.61 Å². The molecule has 1 fully saturated rings. The van der Waals surface area contributed by atoms with Crippen molar-refractivity contribution in [3.63, 3.8) is 0 Å². The topological polar surface area (TPSA) is 68.5 Å². The lowest BCUT2D eigenvalue weighted by Crippen LogP contribution is -2.50. The second kappa shape index (κ2) is 7.00. The van der Waals surface area contributed by atoms with Crippen molar-refractivity contribution in [1.29, 1.82) is 0 Å². The molecule has 0 atom stereocenters. The van der Waals surface area contributed by atoms with Crippen molar-refractivity contribution in [1.82, 2.24) is 15.0 Å². The van der Waals surface area contributed by atoms with Crippen LogP contribution in [0.4, 0.5) is 0 Å². The van der Waals surface area contributed by atoms with Gasteiger partial charge in [0.25, 0.3) is 5.91 Å². The van der Waals surface area contributed by atoms with Crippen LogP contribution in [-0.4, -0.2) is 40.6 Å². The fraction of sp³-hybridized carbons (Fsp3) is 0.250. The summed E-state index contributed by atoms with van der Waals surface area (Å²) < 4.78 is 10.9. The highest BCUT2D eigenvalue weighted by Gasteiger charge is 2.35. The minimum atomic E-state index is -0.0374. The lowest BCUT2D eigenvalue weighted by molar-refractivity contribution is -0.138. The van der Waals surface area contributed by atoms with Gasteiger partial charge >= 0.3 is 0 Å². The van der Waals surface area contributed by atoms with E-state index in [-0.39, 0.29) is 18.4 Å². The summed E-state index contributed by atoms with van der Waals surface area (Å²) in [5.74, 6) is 1.90. The maximum absolute atomic E-state index is 12.2. The molecule has 0 saturated carbocycles. The van der Waals surface area contributed by atoms with Crippen molar-refractivity contribution in [3.8, 4) is 17.1 Å². The van der Waals surface area contributed by atoms with Gasteiger partial charge in [-0.05, 0) is 19.1 Å². The molecule has 26 heavy (non-hydrogen) atoms. The van der Waals surface area contributed by atoms with Gasteiger partial charge in [-0.15, -0.1) is 0 Å². The number of aryl methyl sites for hydroxylation is 1. The highest BCUT2D eigenvalue weighted by atomic mass is 16.5. The molecule has 0 spiro atoms. The van der Waals surface area contributed by atoms with Crippen LogP contribution in [0.15, 0.2) is 59.1 Å². The highest BCUT2D eigenvalue weighted by Crippen LogP contribution is 2.27. The predicted octanol–water partition coefficient (Wildman–Crippen LogP) is 3.05. The van der Waals surface area contributed by atoms with E-state index in [1.54, 1.807) is 4.90 Å². The number of likely N-dealkylation sites (tertiary alicyclic amines) is 1. The first kappa shape index (κ1) is 16.3. The molecule has 4 rings (SSSR count). The van der Waals surface area contributed by atoms with Crippen molar-refractivity contribution in [2.45, 2.75) is 12.8 Å². The number of hydrogen-bond acceptors (Lipinski definition) is 5. The Morgan fingerprint density at radius 2 is 1.88 bits per heavy atom. The van der Waals surface area contributed by atoms with Crippen molar-refractivity contribution < 1.29 is 14.1 Å². The third-order valence-electron chi connectivity index (χ3n) is 4.44. The monoisotopic (exact) mass is 349 g/mol. The summed E-state index contributed by atoms with van der Waals surface area (Å²) in [5, 5.41) is 4.03. The summed E-state index contributed by atoms with van der Waals surface area (Å²) in [6, 6.07) is 17.3. The normalized spacial score (nSPS) is 14.1. The Labute approximate surface area is 151 Å². The van der Waals surface area contributed by atoms with Crippen LogP contribution in [0.2, 0.25) is 0 Å². The maximum atomic E-state index is 12.2. The van der Waals surface area contributed by atoms with Crippen LogP contribution < -0.4 is 4.74 Å². The number of rotatable bonds is 5. The molecule has 6 nitrogen and oxygen atoms in total. The smallest absolute Gasteiger partial charge is 0.260 e. The Balaban J connectivity index is 1.29. The Morgan fingerprint density at radius 1 is 1.15 bits per heavy atom. The summed E-state index contributed by atoms with van der Waals surface area (Å²) in [4.78, 5) is 18.4. The molecule has 1 aromatic heterocycles. The molecule has 0 N–H and O–H groups in total. The van der Waals surface area contributed by atoms with Crippen molar-refractivity contribution in [2.24, 2.45) is 0 Å². The predicted molar refractivity (Wildman–Crippen MR) is 95.7 cm³/mol. The second-order valence-electron chi connectivity index (χ2n) is 6.42. The number of ether oxygens (including phenoxy) is 1. The van der Waals surface area contributed by atoms with Gasteiger partial charge in [0.05, 0.1) is 5.92 Å². The van der Waals surface area contributed by atoms with Gasteiger partial charge < -0.3 is 14.2 Å². The van der Waals surface area contributed by atoms with E-state index in [1.807, 2.05) is 61.5 Å². The Morgan fingerprint density at radius 3 is 2.62 bits per heavy atom. The van der Waals surface area contributed by atoms with Crippen LogP contribution in [0.1, 0.15) is 17.4 Å². The summed E-state index contributed by atoms with van der Waals surface area (Å²) in [5.41, 5.74) is 2.07. The SMILES string of the molecule is Cc1ccc(OCC(=O)N2CC(c3nc(-c4ccccc4)no3)C2)cc1. The molecule has 0 aliphatic carbocycles. The molecule has 2 heterocycles. The number of hydrogen-bond donors (Lipinski definition) is 0. The van der Waals surface area contributed by atoms with Crippen molar-refractivity contribution in [2.75, 3.05) is 19.7 Å². The molecule has 6 heteroatoms. The zero-order valence-electron chi connectivity index (χ0n) is 14.5. The van der Waals surface area contributed by atoms with Crippen LogP contribution in [0, 0.1) is 6.92 Å². The number of aromatic nitrogens is 2. The first-order valence-electron chi connectivity index (χ1n) is 8.55. The third kappa shape index (κ3) is 3.44. The van der Waals surface area contributed by atoms with Gasteiger partial charge in [-0.2, -0.15) is 4.98 Å². The zero-order valence-corrected chi connectivity index (χ0v) is 14.5. The van der Waals surface area contributed by atoms with Crippen LogP contribution in [0.3, 0.4) is 0 Å². The van der Waals surface area contributed by atoms with E-state index >= 15 is 0 Å². The largest absolute Gasteiger partial charge is 0.484 e. The Kier molecular flexibility index (Phi) is 4.39. The van der Waals surface area contributed by atoms with Crippen LogP contribution in [0.5, 0.6) is 5.75 Å². The number of nitrogens with zero attached hydrogens (tertiary/aromatic N) is 3. The summed E-state index contributed by atoms with van der Waals surface area (Å²) in [7, 11) is 0. The van der Waals surface area contributed by atoms with Crippen molar-refractivity contribution >= 4 is 5.91 Å². The summed E-state index contributed by atoms with van der Waals surface area (Å²) in [6.07, 6.45) is 0. The number of carbonyl (C=O) groups excluding carboxylic acids is 1. The van der Waals surface area contributed by atoms with E-state index in [1.165, 1.54) is 0 Å². The lowest BCUT2D eigenvalue weighted by Gasteiger charge is -2.36. The van der Waals surface area contributed by atoms with E-state index in [4.69, 9.17) is 9.26 Å². The molecule has 1 amide bonds. The van der Waals surface area contributed by atoms with Crippen LogP contribution in [-0.2, 0) is 4.79 Å². The van der Waals surface area contributed by atoms with E-state index in [0.29, 0.717) is 30.6 Å². The second-order valence-corrected chi connectivity index (χ2v) is 6.42. The zero-order chi connectivity index (χ0) is 17.9. The molecule has 1 aliphatic heterocycles. The molecule has 0 radical (unpaired) electrons. The maximum Gasteiger partial charge on any atom is 0.260 e. The average molecular weight is 349 g/mol. The van der Waals surface area contributed by atoms with Gasteiger partial charge in [0, 0.05) is 18.7 Å². The fourth-order valence-corrected chi connectivity index (χ4v) is 2.81. The van der Waals surface area contributed by atoms with E-state index < -0.39 is 0 Å². The first-order chi connectivity index (χ1) is 12.7. The van der Waals surface area contributed by atoms with Crippen molar-refractivity contribution in [3.05, 3.63) is 66.1 Å². The highest BCUT2D eigenvalue weighted by molar-refractivity contribution is 5.78. The molecular weight excluding hydrogens is 330 g/mol. The molecule has 2 aromatic carbocycles. The lowest BCUT2D eigenvalue weighted by atomic mass is 10.0. The molecule has 132 valence electrons. The number of carbonyl (C=O) groups is 1. The Hall–Kier alpha value is -3.15. The van der Waals surface area contributed by atoms with Gasteiger partial charge in [-0.1, -0.05) is 53.2 Å². The molecule has 0 bridgehead atoms. The van der Waals surface area contributed by atoms with E-state index in [9.17, 15) is 4.79 Å². The average Bonchev–Trinajstić information content (AvgIpc) is 3.10. The number of benzene rings is 2. The summed E-state index contributed by atoms with van der Waals surface area (Å²) in [6.45, 7) is 3.20. The van der Waals surface area contributed by atoms with Gasteiger partial charge in [0.2, 0.25) is 11.7 Å². The van der Waals surface area contributed by atoms with E-state index in [0.717, 1.165) is 11.1 Å².